The van der Waals surface area contributed by atoms with Crippen molar-refractivity contribution in [3.8, 4) is 0 Å². The van der Waals surface area contributed by atoms with Crippen molar-refractivity contribution in [3.05, 3.63) is 22.7 Å². The second-order valence-corrected chi connectivity index (χ2v) is 6.18. The van der Waals surface area contributed by atoms with Gasteiger partial charge in [-0.05, 0) is 32.6 Å². The van der Waals surface area contributed by atoms with Crippen molar-refractivity contribution in [2.45, 2.75) is 6.92 Å². The van der Waals surface area contributed by atoms with Crippen molar-refractivity contribution < 1.29 is 4.79 Å². The van der Waals surface area contributed by atoms with Gasteiger partial charge in [-0.1, -0.05) is 0 Å². The number of hydrogen-bond donors (Lipinski definition) is 1. The Balaban J connectivity index is 2.31. The summed E-state index contributed by atoms with van der Waals surface area (Å²) >= 11 is 1.37. The summed E-state index contributed by atoms with van der Waals surface area (Å²) in [4.78, 5) is 21.9. The van der Waals surface area contributed by atoms with Crippen LogP contribution in [0.2, 0.25) is 0 Å². The number of hydrogen-bond acceptors (Lipinski definition) is 5. The number of likely N-dealkylation sites (N-methyl/N-ethyl adjacent to an activating group) is 2. The Hall–Kier alpha value is -1.66. The molecule has 2 aromatic heterocycles. The third-order valence-electron chi connectivity index (χ3n) is 3.26. The number of pyridine rings is 1. The van der Waals surface area contributed by atoms with Gasteiger partial charge in [0.1, 0.15) is 9.71 Å². The van der Waals surface area contributed by atoms with Crippen LogP contribution in [0.5, 0.6) is 0 Å². The molecule has 2 aromatic rings. The van der Waals surface area contributed by atoms with Crippen LogP contribution in [0.3, 0.4) is 0 Å². The van der Waals surface area contributed by atoms with Gasteiger partial charge in [-0.3, -0.25) is 4.79 Å². The molecule has 0 saturated heterocycles. The molecule has 0 radical (unpaired) electrons. The third-order valence-corrected chi connectivity index (χ3v) is 4.36. The normalized spacial score (nSPS) is 11.2. The zero-order valence-corrected chi connectivity index (χ0v) is 13.1. The Morgan fingerprint density at radius 2 is 2.05 bits per heavy atom. The third kappa shape index (κ3) is 2.76. The summed E-state index contributed by atoms with van der Waals surface area (Å²) < 4.78 is 0. The van der Waals surface area contributed by atoms with Gasteiger partial charge in [0.05, 0.1) is 5.69 Å². The van der Waals surface area contributed by atoms with Gasteiger partial charge in [-0.15, -0.1) is 11.3 Å². The van der Waals surface area contributed by atoms with Gasteiger partial charge in [0.15, 0.2) is 0 Å². The molecule has 2 rings (SSSR count). The summed E-state index contributed by atoms with van der Waals surface area (Å²) in [6.45, 7) is 3.48. The predicted molar refractivity (Wildman–Crippen MR) is 84.3 cm³/mol. The van der Waals surface area contributed by atoms with Crippen molar-refractivity contribution in [2.24, 2.45) is 0 Å². The van der Waals surface area contributed by atoms with Gasteiger partial charge < -0.3 is 15.5 Å². The van der Waals surface area contributed by atoms with E-state index in [1.165, 1.54) is 11.3 Å². The SMILES string of the molecule is Cc1ccnc2sc(C(=O)N(C)CCN(C)C)c(N)c12. The number of rotatable bonds is 4. The van der Waals surface area contributed by atoms with E-state index in [-0.39, 0.29) is 5.91 Å². The molecule has 0 atom stereocenters. The molecule has 0 spiro atoms. The number of aromatic nitrogens is 1. The van der Waals surface area contributed by atoms with Crippen molar-refractivity contribution in [1.29, 1.82) is 0 Å². The fourth-order valence-corrected chi connectivity index (χ4v) is 3.12. The molecule has 0 aliphatic rings. The van der Waals surface area contributed by atoms with E-state index >= 15 is 0 Å². The van der Waals surface area contributed by atoms with E-state index in [4.69, 9.17) is 5.73 Å². The number of amides is 1. The average Bonchev–Trinajstić information content (AvgIpc) is 2.73. The summed E-state index contributed by atoms with van der Waals surface area (Å²) in [6, 6.07) is 1.91. The van der Waals surface area contributed by atoms with Crippen LogP contribution in [0.15, 0.2) is 12.3 Å². The topological polar surface area (TPSA) is 62.5 Å². The molecule has 0 aliphatic heterocycles. The smallest absolute Gasteiger partial charge is 0.265 e. The first kappa shape index (κ1) is 14.7. The van der Waals surface area contributed by atoms with Gasteiger partial charge in [-0.25, -0.2) is 4.98 Å². The molecule has 6 heteroatoms. The lowest BCUT2D eigenvalue weighted by Crippen LogP contribution is -2.33. The Labute approximate surface area is 123 Å². The number of carbonyl (C=O) groups is 1. The molecule has 0 saturated carbocycles. The van der Waals surface area contributed by atoms with E-state index < -0.39 is 0 Å². The second kappa shape index (κ2) is 5.76. The zero-order valence-electron chi connectivity index (χ0n) is 12.3. The van der Waals surface area contributed by atoms with E-state index in [0.29, 0.717) is 17.1 Å². The van der Waals surface area contributed by atoms with Crippen LogP contribution < -0.4 is 5.73 Å². The molecule has 0 aliphatic carbocycles. The summed E-state index contributed by atoms with van der Waals surface area (Å²) in [6.07, 6.45) is 1.75. The van der Waals surface area contributed by atoms with E-state index in [1.54, 1.807) is 18.1 Å². The molecule has 2 N–H and O–H groups in total. The molecule has 0 fully saturated rings. The molecule has 0 unspecified atom stereocenters. The Bertz CT molecular complexity index is 635. The van der Waals surface area contributed by atoms with Crippen molar-refractivity contribution in [3.63, 3.8) is 0 Å². The lowest BCUT2D eigenvalue weighted by Gasteiger charge is -2.19. The minimum absolute atomic E-state index is 0.0354. The van der Waals surface area contributed by atoms with E-state index in [9.17, 15) is 4.79 Å². The summed E-state index contributed by atoms with van der Waals surface area (Å²) in [5, 5.41) is 0.904. The van der Waals surface area contributed by atoms with E-state index in [2.05, 4.69) is 4.98 Å². The van der Waals surface area contributed by atoms with Crippen LogP contribution in [0.1, 0.15) is 15.2 Å². The van der Waals surface area contributed by atoms with Gasteiger partial charge in [-0.2, -0.15) is 0 Å². The average molecular weight is 292 g/mol. The highest BCUT2D eigenvalue weighted by molar-refractivity contribution is 7.21. The highest BCUT2D eigenvalue weighted by atomic mass is 32.1. The Morgan fingerprint density at radius 3 is 2.65 bits per heavy atom. The first-order valence-corrected chi connectivity index (χ1v) is 7.27. The van der Waals surface area contributed by atoms with Crippen molar-refractivity contribution in [2.75, 3.05) is 40.0 Å². The highest BCUT2D eigenvalue weighted by Crippen LogP contribution is 2.34. The molecule has 0 bridgehead atoms. The number of anilines is 1. The van der Waals surface area contributed by atoms with Crippen molar-refractivity contribution >= 4 is 33.1 Å². The van der Waals surface area contributed by atoms with Crippen LogP contribution in [0.25, 0.3) is 10.2 Å². The van der Waals surface area contributed by atoms with Gasteiger partial charge in [0.25, 0.3) is 5.91 Å². The molecular weight excluding hydrogens is 272 g/mol. The van der Waals surface area contributed by atoms with Crippen molar-refractivity contribution in [1.82, 2.24) is 14.8 Å². The van der Waals surface area contributed by atoms with Crippen LogP contribution in [0.4, 0.5) is 5.69 Å². The predicted octanol–water partition coefficient (Wildman–Crippen LogP) is 1.82. The maximum atomic E-state index is 12.5. The van der Waals surface area contributed by atoms with Crippen LogP contribution >= 0.6 is 11.3 Å². The van der Waals surface area contributed by atoms with Crippen LogP contribution in [0, 0.1) is 6.92 Å². The highest BCUT2D eigenvalue weighted by Gasteiger charge is 2.21. The fourth-order valence-electron chi connectivity index (χ4n) is 1.99. The molecule has 20 heavy (non-hydrogen) atoms. The number of fused-ring (bicyclic) bond motifs is 1. The zero-order chi connectivity index (χ0) is 14.9. The minimum Gasteiger partial charge on any atom is -0.397 e. The molecule has 1 amide bonds. The fraction of sp³-hybridized carbons (Fsp3) is 0.429. The summed E-state index contributed by atoms with van der Waals surface area (Å²) in [7, 11) is 5.77. The molecule has 5 nitrogen and oxygen atoms in total. The second-order valence-electron chi connectivity index (χ2n) is 5.18. The maximum Gasteiger partial charge on any atom is 0.265 e. The number of thiophene rings is 1. The number of nitrogens with two attached hydrogens (primary N) is 1. The van der Waals surface area contributed by atoms with E-state index in [0.717, 1.165) is 22.3 Å². The monoisotopic (exact) mass is 292 g/mol. The summed E-state index contributed by atoms with van der Waals surface area (Å²) in [5.41, 5.74) is 7.75. The molecule has 2 heterocycles. The number of aryl methyl sites for hydroxylation is 1. The Morgan fingerprint density at radius 1 is 1.35 bits per heavy atom. The standard InChI is InChI=1S/C14H20N4OS/c1-9-5-6-16-13-10(9)11(15)12(20-13)14(19)18(4)8-7-17(2)3/h5-6H,7-8,15H2,1-4H3. The quantitative estimate of drug-likeness (QED) is 0.933. The number of nitrogen functional groups attached to an aromatic ring is 1. The molecule has 0 aromatic carbocycles. The molecule has 108 valence electrons. The maximum absolute atomic E-state index is 12.5. The summed E-state index contributed by atoms with van der Waals surface area (Å²) in [5.74, 6) is -0.0354. The minimum atomic E-state index is -0.0354. The van der Waals surface area contributed by atoms with Gasteiger partial charge in [0, 0.05) is 31.7 Å². The lowest BCUT2D eigenvalue weighted by atomic mass is 10.1. The Kier molecular flexibility index (Phi) is 4.25. The van der Waals surface area contributed by atoms with E-state index in [1.807, 2.05) is 32.0 Å². The van der Waals surface area contributed by atoms with Crippen LogP contribution in [-0.4, -0.2) is 54.9 Å². The first-order chi connectivity index (χ1) is 9.41. The number of nitrogens with zero attached hydrogens (tertiary/aromatic N) is 3. The first-order valence-electron chi connectivity index (χ1n) is 6.45. The van der Waals surface area contributed by atoms with Gasteiger partial charge in [0.2, 0.25) is 0 Å². The largest absolute Gasteiger partial charge is 0.397 e. The lowest BCUT2D eigenvalue weighted by molar-refractivity contribution is 0.0792. The van der Waals surface area contributed by atoms with Gasteiger partial charge >= 0.3 is 0 Å². The molecular formula is C14H20N4OS. The number of carbonyl (C=O) groups excluding carboxylic acids is 1. The van der Waals surface area contributed by atoms with Crippen LogP contribution in [-0.2, 0) is 0 Å².